The summed E-state index contributed by atoms with van der Waals surface area (Å²) < 4.78 is 33.3. The van der Waals surface area contributed by atoms with Crippen LogP contribution < -0.4 is 9.64 Å². The van der Waals surface area contributed by atoms with Gasteiger partial charge in [0.2, 0.25) is 10.0 Å². The molecule has 2 heterocycles. The SMILES string of the molecule is COc1ccc(C(=O)N2c3ccccc3CC2C)cc1S(=O)(=O)N1CCCCC1. The molecule has 154 valence electrons. The lowest BCUT2D eigenvalue weighted by Crippen LogP contribution is -2.37. The second kappa shape index (κ2) is 7.80. The van der Waals surface area contributed by atoms with Crippen molar-refractivity contribution in [3.8, 4) is 5.75 Å². The molecule has 1 fully saturated rings. The summed E-state index contributed by atoms with van der Waals surface area (Å²) in [5.41, 5.74) is 2.37. The second-order valence-electron chi connectivity index (χ2n) is 7.69. The van der Waals surface area contributed by atoms with Crippen LogP contribution in [0.2, 0.25) is 0 Å². The smallest absolute Gasteiger partial charge is 0.258 e. The Bertz CT molecular complexity index is 1030. The monoisotopic (exact) mass is 414 g/mol. The molecule has 0 spiro atoms. The summed E-state index contributed by atoms with van der Waals surface area (Å²) in [6, 6.07) is 12.6. The number of methoxy groups -OCH3 is 1. The highest BCUT2D eigenvalue weighted by Gasteiger charge is 2.34. The number of rotatable bonds is 4. The Hall–Kier alpha value is -2.38. The number of fused-ring (bicyclic) bond motifs is 1. The number of piperidine rings is 1. The van der Waals surface area contributed by atoms with E-state index < -0.39 is 10.0 Å². The molecular weight excluding hydrogens is 388 g/mol. The van der Waals surface area contributed by atoms with Gasteiger partial charge in [0, 0.05) is 30.4 Å². The van der Waals surface area contributed by atoms with Crippen LogP contribution in [0.3, 0.4) is 0 Å². The summed E-state index contributed by atoms with van der Waals surface area (Å²) in [7, 11) is -2.27. The van der Waals surface area contributed by atoms with Crippen molar-refractivity contribution >= 4 is 21.6 Å². The minimum absolute atomic E-state index is 0.0177. The minimum Gasteiger partial charge on any atom is -0.495 e. The van der Waals surface area contributed by atoms with Gasteiger partial charge < -0.3 is 9.64 Å². The molecule has 1 saturated heterocycles. The minimum atomic E-state index is -3.72. The first kappa shape index (κ1) is 19.9. The number of carbonyl (C=O) groups excluding carboxylic acids is 1. The quantitative estimate of drug-likeness (QED) is 0.768. The lowest BCUT2D eigenvalue weighted by molar-refractivity contribution is 0.0981. The maximum atomic E-state index is 13.4. The van der Waals surface area contributed by atoms with Gasteiger partial charge in [-0.25, -0.2) is 8.42 Å². The van der Waals surface area contributed by atoms with Gasteiger partial charge in [-0.05, 0) is 56.0 Å². The molecule has 0 aliphatic carbocycles. The molecule has 0 aromatic heterocycles. The Balaban J connectivity index is 1.73. The molecule has 4 rings (SSSR count). The Morgan fingerprint density at radius 1 is 1.07 bits per heavy atom. The predicted octanol–water partition coefficient (Wildman–Crippen LogP) is 3.46. The van der Waals surface area contributed by atoms with Gasteiger partial charge in [-0.1, -0.05) is 24.6 Å². The third-order valence-corrected chi connectivity index (χ3v) is 7.69. The number of hydrogen-bond donors (Lipinski definition) is 0. The number of hydrogen-bond acceptors (Lipinski definition) is 4. The van der Waals surface area contributed by atoms with Gasteiger partial charge in [0.15, 0.2) is 0 Å². The Morgan fingerprint density at radius 2 is 1.79 bits per heavy atom. The molecule has 0 N–H and O–H groups in total. The summed E-state index contributed by atoms with van der Waals surface area (Å²) in [6.07, 6.45) is 3.52. The van der Waals surface area contributed by atoms with Crippen molar-refractivity contribution in [2.45, 2.75) is 43.5 Å². The Morgan fingerprint density at radius 3 is 2.52 bits per heavy atom. The number of sulfonamides is 1. The third kappa shape index (κ3) is 3.53. The van der Waals surface area contributed by atoms with Crippen molar-refractivity contribution in [1.82, 2.24) is 4.31 Å². The van der Waals surface area contributed by atoms with Gasteiger partial charge >= 0.3 is 0 Å². The first-order valence-electron chi connectivity index (χ1n) is 10.0. The van der Waals surface area contributed by atoms with Crippen molar-refractivity contribution < 1.29 is 17.9 Å². The maximum Gasteiger partial charge on any atom is 0.258 e. The number of ether oxygens (including phenoxy) is 1. The zero-order chi connectivity index (χ0) is 20.6. The van der Waals surface area contributed by atoms with E-state index in [4.69, 9.17) is 4.74 Å². The van der Waals surface area contributed by atoms with Gasteiger partial charge in [-0.3, -0.25) is 4.79 Å². The molecule has 6 nitrogen and oxygen atoms in total. The van der Waals surface area contributed by atoms with E-state index in [0.717, 1.165) is 36.9 Å². The zero-order valence-electron chi connectivity index (χ0n) is 16.8. The number of para-hydroxylation sites is 1. The highest BCUT2D eigenvalue weighted by atomic mass is 32.2. The van der Waals surface area contributed by atoms with Crippen LogP contribution in [-0.4, -0.2) is 44.9 Å². The lowest BCUT2D eigenvalue weighted by Gasteiger charge is -2.27. The van der Waals surface area contributed by atoms with Crippen LogP contribution in [0.1, 0.15) is 42.1 Å². The average Bonchev–Trinajstić information content (AvgIpc) is 3.09. The van der Waals surface area contributed by atoms with E-state index in [-0.39, 0.29) is 22.6 Å². The summed E-state index contributed by atoms with van der Waals surface area (Å²) in [4.78, 5) is 15.2. The van der Waals surface area contributed by atoms with Gasteiger partial charge in [0.1, 0.15) is 10.6 Å². The summed E-state index contributed by atoms with van der Waals surface area (Å²) >= 11 is 0. The molecule has 2 aliphatic heterocycles. The Labute approximate surface area is 172 Å². The van der Waals surface area contributed by atoms with Gasteiger partial charge in [0.05, 0.1) is 7.11 Å². The van der Waals surface area contributed by atoms with E-state index in [1.165, 1.54) is 17.5 Å². The zero-order valence-corrected chi connectivity index (χ0v) is 17.6. The van der Waals surface area contributed by atoms with E-state index in [9.17, 15) is 13.2 Å². The van der Waals surface area contributed by atoms with Gasteiger partial charge in [0.25, 0.3) is 5.91 Å². The first-order chi connectivity index (χ1) is 13.9. The van der Waals surface area contributed by atoms with E-state index >= 15 is 0 Å². The molecule has 0 radical (unpaired) electrons. The highest BCUT2D eigenvalue weighted by molar-refractivity contribution is 7.89. The fraction of sp³-hybridized carbons (Fsp3) is 0.409. The lowest BCUT2D eigenvalue weighted by atomic mass is 10.1. The standard InChI is InChI=1S/C22H26N2O4S/c1-16-14-17-8-4-5-9-19(17)24(16)22(25)18-10-11-20(28-2)21(15-18)29(26,27)23-12-6-3-7-13-23/h4-5,8-11,15-16H,3,6-7,12-14H2,1-2H3. The molecule has 29 heavy (non-hydrogen) atoms. The van der Waals surface area contributed by atoms with Crippen LogP contribution in [0, 0.1) is 0 Å². The van der Waals surface area contributed by atoms with Crippen LogP contribution in [0.15, 0.2) is 47.4 Å². The molecule has 1 unspecified atom stereocenters. The summed E-state index contributed by atoms with van der Waals surface area (Å²) in [5.74, 6) is 0.0715. The molecule has 1 amide bonds. The van der Waals surface area contributed by atoms with Crippen molar-refractivity contribution in [2.24, 2.45) is 0 Å². The molecule has 2 aliphatic rings. The topological polar surface area (TPSA) is 66.9 Å². The summed E-state index contributed by atoms with van der Waals surface area (Å²) in [5, 5.41) is 0. The second-order valence-corrected chi connectivity index (χ2v) is 9.59. The van der Waals surface area contributed by atoms with Crippen LogP contribution in [-0.2, 0) is 16.4 Å². The van der Waals surface area contributed by atoms with Crippen molar-refractivity contribution in [2.75, 3.05) is 25.1 Å². The number of nitrogens with zero attached hydrogens (tertiary/aromatic N) is 2. The van der Waals surface area contributed by atoms with E-state index in [0.29, 0.717) is 18.7 Å². The van der Waals surface area contributed by atoms with Crippen LogP contribution >= 0.6 is 0 Å². The third-order valence-electron chi connectivity index (χ3n) is 5.77. The fourth-order valence-corrected chi connectivity index (χ4v) is 5.97. The van der Waals surface area contributed by atoms with Crippen molar-refractivity contribution in [3.63, 3.8) is 0 Å². The molecule has 0 bridgehead atoms. The summed E-state index contributed by atoms with van der Waals surface area (Å²) in [6.45, 7) is 3.01. The van der Waals surface area contributed by atoms with E-state index in [1.54, 1.807) is 17.0 Å². The van der Waals surface area contributed by atoms with E-state index in [1.807, 2.05) is 31.2 Å². The molecule has 0 saturated carbocycles. The number of anilines is 1. The van der Waals surface area contributed by atoms with Gasteiger partial charge in [-0.2, -0.15) is 4.31 Å². The van der Waals surface area contributed by atoms with Crippen LogP contribution in [0.5, 0.6) is 5.75 Å². The molecule has 7 heteroatoms. The van der Waals surface area contributed by atoms with Gasteiger partial charge in [-0.15, -0.1) is 0 Å². The fourth-order valence-electron chi connectivity index (χ4n) is 4.27. The number of carbonyl (C=O) groups is 1. The largest absolute Gasteiger partial charge is 0.495 e. The number of benzene rings is 2. The van der Waals surface area contributed by atoms with E-state index in [2.05, 4.69) is 0 Å². The molecule has 2 aromatic carbocycles. The molecule has 1 atom stereocenters. The average molecular weight is 415 g/mol. The maximum absolute atomic E-state index is 13.4. The van der Waals surface area contributed by atoms with Crippen LogP contribution in [0.25, 0.3) is 0 Å². The van der Waals surface area contributed by atoms with Crippen molar-refractivity contribution in [3.05, 3.63) is 53.6 Å². The predicted molar refractivity (Wildman–Crippen MR) is 112 cm³/mol. The normalized spacial score (nSPS) is 19.8. The molecular formula is C22H26N2O4S. The highest BCUT2D eigenvalue weighted by Crippen LogP contribution is 2.35. The van der Waals surface area contributed by atoms with Crippen LogP contribution in [0.4, 0.5) is 5.69 Å². The van der Waals surface area contributed by atoms with Crippen molar-refractivity contribution in [1.29, 1.82) is 0 Å². The first-order valence-corrected chi connectivity index (χ1v) is 11.5. The molecule has 2 aromatic rings. The Kier molecular flexibility index (Phi) is 5.36. The number of amides is 1.